The summed E-state index contributed by atoms with van der Waals surface area (Å²) in [5, 5.41) is 15.3. The Morgan fingerprint density at radius 2 is 2.17 bits per heavy atom. The second kappa shape index (κ2) is 7.68. The SMILES string of the molecule is COCC(C)NC(=O)CNCc1ccccc1O. The van der Waals surface area contributed by atoms with Gasteiger partial charge in [0.05, 0.1) is 13.2 Å². The van der Waals surface area contributed by atoms with E-state index in [-0.39, 0.29) is 24.2 Å². The number of rotatable bonds is 7. The van der Waals surface area contributed by atoms with E-state index in [1.165, 1.54) is 0 Å². The van der Waals surface area contributed by atoms with Crippen molar-refractivity contribution in [2.75, 3.05) is 20.3 Å². The number of phenols is 1. The summed E-state index contributed by atoms with van der Waals surface area (Å²) >= 11 is 0. The zero-order valence-corrected chi connectivity index (χ0v) is 10.8. The molecule has 0 bridgehead atoms. The van der Waals surface area contributed by atoms with E-state index in [0.29, 0.717) is 13.2 Å². The fourth-order valence-electron chi connectivity index (χ4n) is 1.59. The molecule has 18 heavy (non-hydrogen) atoms. The minimum atomic E-state index is -0.0880. The van der Waals surface area contributed by atoms with Gasteiger partial charge in [-0.15, -0.1) is 0 Å². The Bertz CT molecular complexity index is 382. The van der Waals surface area contributed by atoms with Gasteiger partial charge in [0.25, 0.3) is 0 Å². The number of methoxy groups -OCH3 is 1. The van der Waals surface area contributed by atoms with Crippen LogP contribution >= 0.6 is 0 Å². The Morgan fingerprint density at radius 3 is 2.83 bits per heavy atom. The lowest BCUT2D eigenvalue weighted by molar-refractivity contribution is -0.121. The van der Waals surface area contributed by atoms with Crippen LogP contribution in [0.4, 0.5) is 0 Å². The van der Waals surface area contributed by atoms with Crippen LogP contribution in [0.1, 0.15) is 12.5 Å². The van der Waals surface area contributed by atoms with Crippen molar-refractivity contribution in [2.45, 2.75) is 19.5 Å². The van der Waals surface area contributed by atoms with Gasteiger partial charge in [0.2, 0.25) is 5.91 Å². The van der Waals surface area contributed by atoms with E-state index in [2.05, 4.69) is 10.6 Å². The first-order chi connectivity index (χ1) is 8.63. The number of benzene rings is 1. The zero-order chi connectivity index (χ0) is 13.4. The molecule has 0 aliphatic heterocycles. The summed E-state index contributed by atoms with van der Waals surface area (Å²) in [5.41, 5.74) is 0.773. The second-order valence-electron chi connectivity index (χ2n) is 4.16. The van der Waals surface area contributed by atoms with Crippen LogP contribution < -0.4 is 10.6 Å². The molecular formula is C13H20N2O3. The van der Waals surface area contributed by atoms with Gasteiger partial charge < -0.3 is 20.5 Å². The van der Waals surface area contributed by atoms with Crippen LogP contribution in [0.2, 0.25) is 0 Å². The highest BCUT2D eigenvalue weighted by Gasteiger charge is 2.06. The van der Waals surface area contributed by atoms with E-state index < -0.39 is 0 Å². The molecule has 0 aromatic heterocycles. The normalized spacial score (nSPS) is 12.1. The molecule has 1 rings (SSSR count). The molecule has 5 nitrogen and oxygen atoms in total. The predicted octanol–water partition coefficient (Wildman–Crippen LogP) is 0.633. The summed E-state index contributed by atoms with van der Waals surface area (Å²) < 4.78 is 4.93. The zero-order valence-electron chi connectivity index (χ0n) is 10.8. The van der Waals surface area contributed by atoms with Crippen LogP contribution in [0.25, 0.3) is 0 Å². The van der Waals surface area contributed by atoms with Gasteiger partial charge in [0.1, 0.15) is 5.75 Å². The van der Waals surface area contributed by atoms with Crippen LogP contribution in [0.5, 0.6) is 5.75 Å². The van der Waals surface area contributed by atoms with Crippen molar-refractivity contribution < 1.29 is 14.6 Å². The van der Waals surface area contributed by atoms with Gasteiger partial charge in [-0.1, -0.05) is 18.2 Å². The molecule has 1 aromatic carbocycles. The highest BCUT2D eigenvalue weighted by Crippen LogP contribution is 2.14. The molecule has 0 radical (unpaired) electrons. The van der Waals surface area contributed by atoms with Crippen molar-refractivity contribution in [2.24, 2.45) is 0 Å². The minimum absolute atomic E-state index is 0.00516. The van der Waals surface area contributed by atoms with Gasteiger partial charge >= 0.3 is 0 Å². The standard InChI is InChI=1S/C13H20N2O3/c1-10(9-18-2)15-13(17)8-14-7-11-5-3-4-6-12(11)16/h3-6,10,14,16H,7-9H2,1-2H3,(H,15,17). The summed E-state index contributed by atoms with van der Waals surface area (Å²) in [7, 11) is 1.60. The van der Waals surface area contributed by atoms with Gasteiger partial charge in [0, 0.05) is 25.3 Å². The number of amides is 1. The van der Waals surface area contributed by atoms with E-state index in [1.807, 2.05) is 19.1 Å². The molecule has 1 unspecified atom stereocenters. The molecular weight excluding hydrogens is 232 g/mol. The number of ether oxygens (including phenoxy) is 1. The third kappa shape index (κ3) is 5.16. The number of hydrogen-bond acceptors (Lipinski definition) is 4. The maximum atomic E-state index is 11.5. The molecule has 0 spiro atoms. The number of phenolic OH excluding ortho intramolecular Hbond substituents is 1. The van der Waals surface area contributed by atoms with Gasteiger partial charge in [0.15, 0.2) is 0 Å². The molecule has 1 aromatic rings. The number of hydrogen-bond donors (Lipinski definition) is 3. The number of carbonyl (C=O) groups is 1. The highest BCUT2D eigenvalue weighted by molar-refractivity contribution is 5.78. The average Bonchev–Trinajstić information content (AvgIpc) is 2.31. The van der Waals surface area contributed by atoms with Crippen LogP contribution in [-0.4, -0.2) is 37.3 Å². The Morgan fingerprint density at radius 1 is 1.44 bits per heavy atom. The number of nitrogens with one attached hydrogen (secondary N) is 2. The van der Waals surface area contributed by atoms with Crippen molar-refractivity contribution in [3.63, 3.8) is 0 Å². The summed E-state index contributed by atoms with van der Waals surface area (Å²) in [6.45, 7) is 3.04. The minimum Gasteiger partial charge on any atom is -0.508 e. The Kier molecular flexibility index (Phi) is 6.18. The smallest absolute Gasteiger partial charge is 0.234 e. The summed E-state index contributed by atoms with van der Waals surface area (Å²) in [5.74, 6) is 0.146. The third-order valence-corrected chi connectivity index (χ3v) is 2.42. The average molecular weight is 252 g/mol. The van der Waals surface area contributed by atoms with Crippen LogP contribution in [0.15, 0.2) is 24.3 Å². The second-order valence-corrected chi connectivity index (χ2v) is 4.16. The van der Waals surface area contributed by atoms with Crippen molar-refractivity contribution >= 4 is 5.91 Å². The lowest BCUT2D eigenvalue weighted by Crippen LogP contribution is -2.40. The maximum absolute atomic E-state index is 11.5. The first-order valence-electron chi connectivity index (χ1n) is 5.89. The molecule has 3 N–H and O–H groups in total. The van der Waals surface area contributed by atoms with Crippen molar-refractivity contribution in [1.29, 1.82) is 0 Å². The lowest BCUT2D eigenvalue weighted by Gasteiger charge is -2.13. The lowest BCUT2D eigenvalue weighted by atomic mass is 10.2. The highest BCUT2D eigenvalue weighted by atomic mass is 16.5. The van der Waals surface area contributed by atoms with Crippen LogP contribution in [-0.2, 0) is 16.1 Å². The van der Waals surface area contributed by atoms with Gasteiger partial charge in [-0.3, -0.25) is 4.79 Å². The molecule has 1 amide bonds. The van der Waals surface area contributed by atoms with Crippen LogP contribution in [0, 0.1) is 0 Å². The molecule has 0 fully saturated rings. The largest absolute Gasteiger partial charge is 0.508 e. The third-order valence-electron chi connectivity index (χ3n) is 2.42. The fraction of sp³-hybridized carbons (Fsp3) is 0.462. The van der Waals surface area contributed by atoms with Gasteiger partial charge in [-0.25, -0.2) is 0 Å². The van der Waals surface area contributed by atoms with E-state index in [9.17, 15) is 9.90 Å². The number of para-hydroxylation sites is 1. The Hall–Kier alpha value is -1.59. The van der Waals surface area contributed by atoms with Crippen molar-refractivity contribution in [3.8, 4) is 5.75 Å². The van der Waals surface area contributed by atoms with Gasteiger partial charge in [-0.2, -0.15) is 0 Å². The first kappa shape index (κ1) is 14.5. The molecule has 5 heteroatoms. The van der Waals surface area contributed by atoms with E-state index >= 15 is 0 Å². The maximum Gasteiger partial charge on any atom is 0.234 e. The predicted molar refractivity (Wildman–Crippen MR) is 69.3 cm³/mol. The fourth-order valence-corrected chi connectivity index (χ4v) is 1.59. The quantitative estimate of drug-likeness (QED) is 0.666. The first-order valence-corrected chi connectivity index (χ1v) is 5.89. The molecule has 0 saturated heterocycles. The topological polar surface area (TPSA) is 70.6 Å². The number of aromatic hydroxyl groups is 1. The van der Waals surface area contributed by atoms with Gasteiger partial charge in [-0.05, 0) is 13.0 Å². The summed E-state index contributed by atoms with van der Waals surface area (Å²) in [6, 6.07) is 7.04. The van der Waals surface area contributed by atoms with E-state index in [1.54, 1.807) is 19.2 Å². The van der Waals surface area contributed by atoms with Crippen LogP contribution in [0.3, 0.4) is 0 Å². The molecule has 0 heterocycles. The molecule has 1 atom stereocenters. The molecule has 0 saturated carbocycles. The molecule has 0 aliphatic carbocycles. The number of carbonyl (C=O) groups excluding carboxylic acids is 1. The molecule has 0 aliphatic rings. The van der Waals surface area contributed by atoms with Crippen molar-refractivity contribution in [1.82, 2.24) is 10.6 Å². The Balaban J connectivity index is 2.25. The summed E-state index contributed by atoms with van der Waals surface area (Å²) in [6.07, 6.45) is 0. The Labute approximate surface area is 107 Å². The summed E-state index contributed by atoms with van der Waals surface area (Å²) in [4.78, 5) is 11.5. The van der Waals surface area contributed by atoms with E-state index in [0.717, 1.165) is 5.56 Å². The van der Waals surface area contributed by atoms with E-state index in [4.69, 9.17) is 4.74 Å². The monoisotopic (exact) mass is 252 g/mol. The van der Waals surface area contributed by atoms with Crippen molar-refractivity contribution in [3.05, 3.63) is 29.8 Å². The molecule has 100 valence electrons.